The van der Waals surface area contributed by atoms with E-state index in [1.54, 1.807) is 18.2 Å². The van der Waals surface area contributed by atoms with Gasteiger partial charge in [0.1, 0.15) is 5.82 Å². The molecule has 5 rings (SSSR count). The Morgan fingerprint density at radius 3 is 2.58 bits per heavy atom. The van der Waals surface area contributed by atoms with Crippen molar-refractivity contribution >= 4 is 39.9 Å². The van der Waals surface area contributed by atoms with Crippen LogP contribution in [0, 0.1) is 5.82 Å². The molecular formula is C25H19F4N3O2S2. The number of Topliss-reactive ketones (excluding diaryl/α,β-unsaturated/α-hetero) is 1. The molecule has 0 saturated carbocycles. The van der Waals surface area contributed by atoms with Crippen molar-refractivity contribution in [1.82, 2.24) is 10.2 Å². The minimum absolute atomic E-state index is 0.0354. The highest BCUT2D eigenvalue weighted by atomic mass is 32.2. The maximum atomic E-state index is 13.4. The third-order valence-electron chi connectivity index (χ3n) is 6.15. The number of benzene rings is 2. The Bertz CT molecular complexity index is 1350. The molecular weight excluding hydrogens is 514 g/mol. The molecule has 0 bridgehead atoms. The number of alkyl halides is 3. The second-order valence-corrected chi connectivity index (χ2v) is 10.7. The number of carbonyl (C=O) groups is 2. The van der Waals surface area contributed by atoms with Crippen LogP contribution >= 0.6 is 23.1 Å². The fourth-order valence-electron chi connectivity index (χ4n) is 4.53. The summed E-state index contributed by atoms with van der Waals surface area (Å²) in [6.07, 6.45) is -2.86. The molecule has 1 atom stereocenters. The lowest BCUT2D eigenvalue weighted by Gasteiger charge is -2.36. The summed E-state index contributed by atoms with van der Waals surface area (Å²) >= 11 is 2.39. The van der Waals surface area contributed by atoms with Gasteiger partial charge in [-0.2, -0.15) is 13.2 Å². The summed E-state index contributed by atoms with van der Waals surface area (Å²) in [4.78, 5) is 27.7. The van der Waals surface area contributed by atoms with Gasteiger partial charge in [0, 0.05) is 35.8 Å². The molecule has 1 aliphatic carbocycles. The van der Waals surface area contributed by atoms with E-state index in [0.717, 1.165) is 23.5 Å². The second-order valence-electron chi connectivity index (χ2n) is 8.51. The van der Waals surface area contributed by atoms with Crippen LogP contribution in [0.2, 0.25) is 0 Å². The first kappa shape index (κ1) is 24.6. The molecule has 186 valence electrons. The van der Waals surface area contributed by atoms with Crippen molar-refractivity contribution in [2.24, 2.45) is 0 Å². The Morgan fingerprint density at radius 2 is 1.83 bits per heavy atom. The van der Waals surface area contributed by atoms with Crippen molar-refractivity contribution in [3.05, 3.63) is 82.3 Å². The number of hydrogen-bond acceptors (Lipinski definition) is 6. The molecule has 5 nitrogen and oxygen atoms in total. The largest absolute Gasteiger partial charge is 0.416 e. The molecule has 0 spiro atoms. The van der Waals surface area contributed by atoms with E-state index in [9.17, 15) is 27.2 Å². The summed E-state index contributed by atoms with van der Waals surface area (Å²) in [5, 5.41) is 8.61. The van der Waals surface area contributed by atoms with Crippen molar-refractivity contribution in [2.45, 2.75) is 47.9 Å². The molecule has 1 unspecified atom stereocenters. The van der Waals surface area contributed by atoms with Gasteiger partial charge in [-0.25, -0.2) is 4.39 Å². The third kappa shape index (κ3) is 4.94. The molecule has 0 radical (unpaired) electrons. The zero-order valence-electron chi connectivity index (χ0n) is 18.7. The molecule has 1 aromatic heterocycles. The van der Waals surface area contributed by atoms with Crippen LogP contribution < -0.4 is 4.90 Å². The SMILES string of the molecule is O=C1CCCC2=C1C(c1ccc(F)cc1)CC(=O)N2c1nnc(SCc2cccc(C(F)(F)F)c2)s1. The number of rotatable bonds is 5. The lowest BCUT2D eigenvalue weighted by Crippen LogP contribution is -2.40. The topological polar surface area (TPSA) is 63.2 Å². The van der Waals surface area contributed by atoms with Crippen molar-refractivity contribution < 1.29 is 27.2 Å². The lowest BCUT2D eigenvalue weighted by molar-refractivity contribution is -0.137. The highest BCUT2D eigenvalue weighted by Crippen LogP contribution is 2.44. The molecule has 36 heavy (non-hydrogen) atoms. The van der Waals surface area contributed by atoms with Crippen LogP contribution in [0.3, 0.4) is 0 Å². The van der Waals surface area contributed by atoms with Crippen molar-refractivity contribution in [3.63, 3.8) is 0 Å². The summed E-state index contributed by atoms with van der Waals surface area (Å²) in [6, 6.07) is 10.9. The first-order chi connectivity index (χ1) is 17.2. The quantitative estimate of drug-likeness (QED) is 0.212. The maximum Gasteiger partial charge on any atom is 0.416 e. The van der Waals surface area contributed by atoms with Crippen molar-refractivity contribution in [3.8, 4) is 0 Å². The molecule has 3 aromatic rings. The normalized spacial score (nSPS) is 18.6. The summed E-state index contributed by atoms with van der Waals surface area (Å²) in [5.41, 5.74) is 1.64. The highest BCUT2D eigenvalue weighted by molar-refractivity contribution is 8.00. The number of nitrogens with zero attached hydrogens (tertiary/aromatic N) is 3. The Balaban J connectivity index is 1.40. The van der Waals surface area contributed by atoms with Gasteiger partial charge in [0.2, 0.25) is 11.0 Å². The smallest absolute Gasteiger partial charge is 0.294 e. The Kier molecular flexibility index (Phi) is 6.69. The molecule has 0 saturated heterocycles. The van der Waals surface area contributed by atoms with Crippen LogP contribution in [-0.4, -0.2) is 21.9 Å². The first-order valence-electron chi connectivity index (χ1n) is 11.2. The van der Waals surface area contributed by atoms with Gasteiger partial charge in [0.15, 0.2) is 10.1 Å². The molecule has 0 N–H and O–H groups in total. The standard InChI is InChI=1S/C25H19F4N3O2S2/c26-17-9-7-15(8-10-17)18-12-21(34)32(19-5-2-6-20(33)22(18)19)23-30-31-24(36-23)35-13-14-3-1-4-16(11-14)25(27,28)29/h1,3-4,7-11,18H,2,5-6,12-13H2. The van der Waals surface area contributed by atoms with Crippen LogP contribution in [0.15, 0.2) is 64.1 Å². The third-order valence-corrected chi connectivity index (χ3v) is 8.26. The molecule has 1 amide bonds. The molecule has 2 aromatic carbocycles. The number of thioether (sulfide) groups is 1. The molecule has 1 aliphatic heterocycles. The number of ketones is 1. The summed E-state index contributed by atoms with van der Waals surface area (Å²) in [6.45, 7) is 0. The average Bonchev–Trinajstić information content (AvgIpc) is 3.31. The number of aromatic nitrogens is 2. The number of halogens is 4. The minimum Gasteiger partial charge on any atom is -0.294 e. The van der Waals surface area contributed by atoms with Gasteiger partial charge in [0.25, 0.3) is 0 Å². The van der Waals surface area contributed by atoms with Gasteiger partial charge in [-0.3, -0.25) is 14.5 Å². The van der Waals surface area contributed by atoms with E-state index in [1.807, 2.05) is 0 Å². The number of allylic oxidation sites excluding steroid dienone is 2. The number of hydrogen-bond donors (Lipinski definition) is 0. The van der Waals surface area contributed by atoms with Gasteiger partial charge >= 0.3 is 6.18 Å². The van der Waals surface area contributed by atoms with Gasteiger partial charge < -0.3 is 0 Å². The van der Waals surface area contributed by atoms with Gasteiger partial charge in [0.05, 0.1) is 5.56 Å². The minimum atomic E-state index is -4.42. The lowest BCUT2D eigenvalue weighted by atomic mass is 9.77. The van der Waals surface area contributed by atoms with Crippen LogP contribution in [0.4, 0.5) is 22.7 Å². The Hall–Kier alpha value is -3.05. The van der Waals surface area contributed by atoms with E-state index in [0.29, 0.717) is 51.1 Å². The van der Waals surface area contributed by atoms with Crippen LogP contribution in [0.5, 0.6) is 0 Å². The highest BCUT2D eigenvalue weighted by Gasteiger charge is 2.41. The van der Waals surface area contributed by atoms with E-state index in [4.69, 9.17) is 0 Å². The predicted molar refractivity (Wildman–Crippen MR) is 128 cm³/mol. The van der Waals surface area contributed by atoms with Crippen molar-refractivity contribution in [2.75, 3.05) is 4.90 Å². The van der Waals surface area contributed by atoms with Gasteiger partial charge in [-0.1, -0.05) is 53.4 Å². The second kappa shape index (κ2) is 9.78. The van der Waals surface area contributed by atoms with E-state index in [2.05, 4.69) is 10.2 Å². The summed E-state index contributed by atoms with van der Waals surface area (Å²) in [5.74, 6) is -0.850. The first-order valence-corrected chi connectivity index (χ1v) is 13.0. The van der Waals surface area contributed by atoms with Crippen LogP contribution in [0.1, 0.15) is 48.3 Å². The molecule has 2 heterocycles. The van der Waals surface area contributed by atoms with Gasteiger partial charge in [-0.15, -0.1) is 10.2 Å². The number of anilines is 1. The van der Waals surface area contributed by atoms with E-state index < -0.39 is 23.5 Å². The van der Waals surface area contributed by atoms with Crippen LogP contribution in [-0.2, 0) is 21.5 Å². The van der Waals surface area contributed by atoms with Gasteiger partial charge in [-0.05, 0) is 42.2 Å². The average molecular weight is 534 g/mol. The monoisotopic (exact) mass is 533 g/mol. The Morgan fingerprint density at radius 1 is 1.06 bits per heavy atom. The van der Waals surface area contributed by atoms with Crippen LogP contribution in [0.25, 0.3) is 0 Å². The molecule has 11 heteroatoms. The Labute approximate surface area is 212 Å². The molecule has 0 fully saturated rings. The predicted octanol–water partition coefficient (Wildman–Crippen LogP) is 6.52. The summed E-state index contributed by atoms with van der Waals surface area (Å²) in [7, 11) is 0. The summed E-state index contributed by atoms with van der Waals surface area (Å²) < 4.78 is 52.9. The maximum absolute atomic E-state index is 13.4. The number of amides is 1. The van der Waals surface area contributed by atoms with E-state index in [1.165, 1.54) is 34.9 Å². The molecule has 2 aliphatic rings. The van der Waals surface area contributed by atoms with E-state index in [-0.39, 0.29) is 23.9 Å². The fourth-order valence-corrected chi connectivity index (χ4v) is 6.36. The number of carbonyl (C=O) groups excluding carboxylic acids is 2. The van der Waals surface area contributed by atoms with E-state index >= 15 is 0 Å². The zero-order chi connectivity index (χ0) is 25.4. The van der Waals surface area contributed by atoms with Crippen molar-refractivity contribution in [1.29, 1.82) is 0 Å². The zero-order valence-corrected chi connectivity index (χ0v) is 20.4. The fraction of sp³-hybridized carbons (Fsp3) is 0.280.